The van der Waals surface area contributed by atoms with Gasteiger partial charge in [0, 0.05) is 0 Å². The highest BCUT2D eigenvalue weighted by Crippen LogP contribution is 2.42. The molecule has 19 heavy (non-hydrogen) atoms. The second-order valence-electron chi connectivity index (χ2n) is 6.34. The number of carbonyl (C=O) groups is 2. The largest absolute Gasteiger partial charge is 0.296 e. The zero-order valence-electron chi connectivity index (χ0n) is 11.4. The third kappa shape index (κ3) is 2.47. The van der Waals surface area contributed by atoms with Gasteiger partial charge in [0.05, 0.1) is 11.8 Å². The van der Waals surface area contributed by atoms with E-state index in [1.165, 1.54) is 38.5 Å². The molecule has 3 unspecified atom stereocenters. The van der Waals surface area contributed by atoms with Crippen molar-refractivity contribution in [2.75, 3.05) is 0 Å². The summed E-state index contributed by atoms with van der Waals surface area (Å²) in [4.78, 5) is 24.1. The Morgan fingerprint density at radius 3 is 2.32 bits per heavy atom. The first-order chi connectivity index (χ1) is 9.27. The fourth-order valence-corrected chi connectivity index (χ4v) is 4.26. The molecule has 3 heteroatoms. The summed E-state index contributed by atoms with van der Waals surface area (Å²) >= 11 is 0. The van der Waals surface area contributed by atoms with Crippen LogP contribution in [0.1, 0.15) is 51.4 Å². The topological polar surface area (TPSA) is 46.2 Å². The number of hydrogen-bond acceptors (Lipinski definition) is 2. The highest BCUT2D eigenvalue weighted by Gasteiger charge is 2.47. The van der Waals surface area contributed by atoms with Crippen LogP contribution in [0, 0.1) is 23.7 Å². The molecule has 0 aromatic heterocycles. The van der Waals surface area contributed by atoms with Crippen LogP contribution in [-0.2, 0) is 9.59 Å². The number of amides is 2. The Morgan fingerprint density at radius 1 is 0.895 bits per heavy atom. The second kappa shape index (κ2) is 5.48. The number of carbonyl (C=O) groups excluding carboxylic acids is 2. The predicted molar refractivity (Wildman–Crippen MR) is 73.2 cm³/mol. The second-order valence-corrected chi connectivity index (χ2v) is 6.34. The SMILES string of the molecule is O=C1NC(=O)C2C1CC=CCC2C1CCCCCC1. The molecule has 2 amide bonds. The normalized spacial score (nSPS) is 36.5. The molecule has 3 atom stereocenters. The van der Waals surface area contributed by atoms with E-state index >= 15 is 0 Å². The molecule has 104 valence electrons. The fourth-order valence-electron chi connectivity index (χ4n) is 4.26. The van der Waals surface area contributed by atoms with E-state index < -0.39 is 0 Å². The van der Waals surface area contributed by atoms with Crippen molar-refractivity contribution in [2.45, 2.75) is 51.4 Å². The van der Waals surface area contributed by atoms with Gasteiger partial charge in [-0.1, -0.05) is 50.7 Å². The van der Waals surface area contributed by atoms with Crippen LogP contribution in [0.5, 0.6) is 0 Å². The molecule has 1 saturated carbocycles. The molecule has 0 bridgehead atoms. The summed E-state index contributed by atoms with van der Waals surface area (Å²) in [5, 5.41) is 2.56. The average molecular weight is 261 g/mol. The van der Waals surface area contributed by atoms with E-state index in [1.54, 1.807) is 0 Å². The first kappa shape index (κ1) is 12.9. The molecule has 0 radical (unpaired) electrons. The van der Waals surface area contributed by atoms with E-state index in [9.17, 15) is 9.59 Å². The van der Waals surface area contributed by atoms with Crippen LogP contribution >= 0.6 is 0 Å². The van der Waals surface area contributed by atoms with Crippen molar-refractivity contribution in [2.24, 2.45) is 23.7 Å². The van der Waals surface area contributed by atoms with Gasteiger partial charge in [0.25, 0.3) is 0 Å². The maximum atomic E-state index is 12.2. The Labute approximate surface area is 114 Å². The lowest BCUT2D eigenvalue weighted by Crippen LogP contribution is -2.31. The minimum Gasteiger partial charge on any atom is -0.296 e. The zero-order valence-corrected chi connectivity index (χ0v) is 11.4. The van der Waals surface area contributed by atoms with Gasteiger partial charge in [0.15, 0.2) is 0 Å². The number of nitrogens with one attached hydrogen (secondary N) is 1. The first-order valence-electron chi connectivity index (χ1n) is 7.77. The van der Waals surface area contributed by atoms with Gasteiger partial charge in [0.2, 0.25) is 11.8 Å². The summed E-state index contributed by atoms with van der Waals surface area (Å²) in [7, 11) is 0. The van der Waals surface area contributed by atoms with Gasteiger partial charge in [-0.05, 0) is 24.7 Å². The molecule has 0 aromatic carbocycles. The summed E-state index contributed by atoms with van der Waals surface area (Å²) in [6.45, 7) is 0. The molecule has 1 aliphatic heterocycles. The van der Waals surface area contributed by atoms with E-state index in [0.29, 0.717) is 11.8 Å². The third-order valence-electron chi connectivity index (χ3n) is 5.25. The number of imide groups is 1. The van der Waals surface area contributed by atoms with Crippen LogP contribution in [0.25, 0.3) is 0 Å². The molecular formula is C16H23NO2. The molecule has 1 heterocycles. The quantitative estimate of drug-likeness (QED) is 0.448. The van der Waals surface area contributed by atoms with Crippen molar-refractivity contribution < 1.29 is 9.59 Å². The summed E-state index contributed by atoms with van der Waals surface area (Å²) in [6, 6.07) is 0. The molecule has 1 saturated heterocycles. The molecule has 2 aliphatic carbocycles. The molecule has 2 fully saturated rings. The van der Waals surface area contributed by atoms with Gasteiger partial charge < -0.3 is 0 Å². The van der Waals surface area contributed by atoms with Crippen LogP contribution in [0.15, 0.2) is 12.2 Å². The van der Waals surface area contributed by atoms with Crippen molar-refractivity contribution in [3.63, 3.8) is 0 Å². The van der Waals surface area contributed by atoms with Crippen LogP contribution in [0.4, 0.5) is 0 Å². The van der Waals surface area contributed by atoms with Crippen LogP contribution in [-0.4, -0.2) is 11.8 Å². The van der Waals surface area contributed by atoms with Crippen LogP contribution in [0.2, 0.25) is 0 Å². The molecule has 0 spiro atoms. The van der Waals surface area contributed by atoms with E-state index in [-0.39, 0.29) is 23.7 Å². The third-order valence-corrected chi connectivity index (χ3v) is 5.25. The zero-order chi connectivity index (χ0) is 13.2. The van der Waals surface area contributed by atoms with E-state index in [4.69, 9.17) is 0 Å². The average Bonchev–Trinajstić information content (AvgIpc) is 2.67. The maximum Gasteiger partial charge on any atom is 0.230 e. The highest BCUT2D eigenvalue weighted by molar-refractivity contribution is 6.05. The predicted octanol–water partition coefficient (Wildman–Crippen LogP) is 2.81. The van der Waals surface area contributed by atoms with Gasteiger partial charge in [-0.2, -0.15) is 0 Å². The lowest BCUT2D eigenvalue weighted by atomic mass is 9.72. The Bertz CT molecular complexity index is 394. The van der Waals surface area contributed by atoms with Gasteiger partial charge in [-0.3, -0.25) is 14.9 Å². The van der Waals surface area contributed by atoms with Gasteiger partial charge in [-0.25, -0.2) is 0 Å². The molecular weight excluding hydrogens is 238 g/mol. The Morgan fingerprint density at radius 2 is 1.58 bits per heavy atom. The molecule has 3 nitrogen and oxygen atoms in total. The highest BCUT2D eigenvalue weighted by atomic mass is 16.2. The summed E-state index contributed by atoms with van der Waals surface area (Å²) in [6.07, 6.45) is 13.7. The van der Waals surface area contributed by atoms with Gasteiger partial charge in [-0.15, -0.1) is 0 Å². The molecule has 1 N–H and O–H groups in total. The molecule has 3 rings (SSSR count). The van der Waals surface area contributed by atoms with Crippen molar-refractivity contribution in [3.8, 4) is 0 Å². The number of allylic oxidation sites excluding steroid dienone is 2. The first-order valence-corrected chi connectivity index (χ1v) is 7.77. The summed E-state index contributed by atoms with van der Waals surface area (Å²) in [5.74, 6) is 0.806. The number of rotatable bonds is 1. The number of fused-ring (bicyclic) bond motifs is 1. The van der Waals surface area contributed by atoms with Crippen molar-refractivity contribution in [1.82, 2.24) is 5.32 Å². The smallest absolute Gasteiger partial charge is 0.230 e. The van der Waals surface area contributed by atoms with Gasteiger partial charge >= 0.3 is 0 Å². The van der Waals surface area contributed by atoms with Crippen molar-refractivity contribution >= 4 is 11.8 Å². The maximum absolute atomic E-state index is 12.2. The summed E-state index contributed by atoms with van der Waals surface area (Å²) in [5.41, 5.74) is 0. The van der Waals surface area contributed by atoms with E-state index in [1.807, 2.05) is 0 Å². The monoisotopic (exact) mass is 261 g/mol. The lowest BCUT2D eigenvalue weighted by molar-refractivity contribution is -0.126. The number of hydrogen-bond donors (Lipinski definition) is 1. The molecule has 3 aliphatic rings. The molecule has 0 aromatic rings. The summed E-state index contributed by atoms with van der Waals surface area (Å²) < 4.78 is 0. The Balaban J connectivity index is 1.83. The van der Waals surface area contributed by atoms with Crippen molar-refractivity contribution in [1.29, 1.82) is 0 Å². The standard InChI is InChI=1S/C16H23NO2/c18-15-13-10-6-5-9-12(14(13)16(19)17-15)11-7-3-1-2-4-8-11/h5-6,11-14H,1-4,7-10H2,(H,17,18,19). The minimum atomic E-state index is -0.0977. The minimum absolute atomic E-state index is 0.00653. The van der Waals surface area contributed by atoms with Gasteiger partial charge in [0.1, 0.15) is 0 Å². The van der Waals surface area contributed by atoms with E-state index in [0.717, 1.165) is 12.8 Å². The van der Waals surface area contributed by atoms with E-state index in [2.05, 4.69) is 17.5 Å². The van der Waals surface area contributed by atoms with Crippen molar-refractivity contribution in [3.05, 3.63) is 12.2 Å². The van der Waals surface area contributed by atoms with Crippen LogP contribution in [0.3, 0.4) is 0 Å². The lowest BCUT2D eigenvalue weighted by Gasteiger charge is -2.30. The van der Waals surface area contributed by atoms with Crippen LogP contribution < -0.4 is 5.32 Å². The Kier molecular flexibility index (Phi) is 3.72. The Hall–Kier alpha value is -1.12. The fraction of sp³-hybridized carbons (Fsp3) is 0.750.